The van der Waals surface area contributed by atoms with E-state index in [-0.39, 0.29) is 44.6 Å². The molecule has 0 radical (unpaired) electrons. The quantitative estimate of drug-likeness (QED) is 0.188. The molecule has 17 heteroatoms. The highest BCUT2D eigenvalue weighted by atomic mass is 16.7. The molecule has 4 aliphatic heterocycles. The van der Waals surface area contributed by atoms with Gasteiger partial charge < -0.3 is 62.6 Å². The van der Waals surface area contributed by atoms with Crippen LogP contribution in [0.3, 0.4) is 0 Å². The number of methoxy groups -OCH3 is 1. The molecule has 1 unspecified atom stereocenters. The largest absolute Gasteiger partial charge is 0.459 e. The lowest BCUT2D eigenvalue weighted by Gasteiger charge is -2.50. The van der Waals surface area contributed by atoms with Gasteiger partial charge in [-0.2, -0.15) is 0 Å². The Morgan fingerprint density at radius 3 is 2.15 bits per heavy atom. The van der Waals surface area contributed by atoms with E-state index in [0.29, 0.717) is 12.1 Å². The lowest BCUT2D eigenvalue weighted by molar-refractivity contribution is -0.321. The molecule has 4 aliphatic rings. The van der Waals surface area contributed by atoms with E-state index in [1.807, 2.05) is 59.7 Å². The Labute approximate surface area is 368 Å². The van der Waals surface area contributed by atoms with Crippen LogP contribution in [0.25, 0.3) is 0 Å². The number of cyclic esters (lactones) is 1. The monoisotopic (exact) mass is 885 g/mol. The number of esters is 3. The fourth-order valence-electron chi connectivity index (χ4n) is 9.93. The van der Waals surface area contributed by atoms with Gasteiger partial charge in [-0.15, -0.1) is 0 Å². The van der Waals surface area contributed by atoms with Crippen LogP contribution in [0, 0.1) is 23.7 Å². The summed E-state index contributed by atoms with van der Waals surface area (Å²) in [6.45, 7) is 20.8. The summed E-state index contributed by atoms with van der Waals surface area (Å²) in [6.07, 6.45) is -4.67. The first-order valence-corrected chi connectivity index (χ1v) is 22.2. The Bertz CT molecular complexity index is 1570. The highest BCUT2D eigenvalue weighted by molar-refractivity contribution is 5.88. The lowest BCUT2D eigenvalue weighted by Crippen LogP contribution is -2.62. The smallest absolute Gasteiger partial charge is 0.311 e. The van der Waals surface area contributed by atoms with E-state index in [1.165, 1.54) is 27.9 Å². The van der Waals surface area contributed by atoms with Gasteiger partial charge in [0, 0.05) is 45.1 Å². The number of nitrogens with zero attached hydrogens (tertiary/aromatic N) is 2. The van der Waals surface area contributed by atoms with Crippen LogP contribution in [0.5, 0.6) is 0 Å². The first-order valence-electron chi connectivity index (χ1n) is 22.2. The fourth-order valence-corrected chi connectivity index (χ4v) is 9.93. The summed E-state index contributed by atoms with van der Waals surface area (Å²) in [4.78, 5) is 47.3. The fraction of sp³-hybridized carbons (Fsp3) is 0.867. The van der Waals surface area contributed by atoms with Crippen molar-refractivity contribution < 1.29 is 72.1 Å². The molecule has 356 valence electrons. The van der Waals surface area contributed by atoms with E-state index in [1.54, 1.807) is 33.8 Å². The topological polar surface area (TPSA) is 200 Å². The third kappa shape index (κ3) is 11.9. The van der Waals surface area contributed by atoms with Gasteiger partial charge in [-0.3, -0.25) is 14.4 Å². The molecule has 0 saturated carbocycles. The van der Waals surface area contributed by atoms with Crippen LogP contribution in [0.4, 0.5) is 0 Å². The number of rotatable bonds is 9. The van der Waals surface area contributed by atoms with Crippen LogP contribution < -0.4 is 0 Å². The molecule has 17 nitrogen and oxygen atoms in total. The van der Waals surface area contributed by atoms with Crippen molar-refractivity contribution in [1.29, 1.82) is 0 Å². The molecule has 0 aromatic rings. The number of carbonyl (C=O) groups excluding carboxylic acids is 3. The van der Waals surface area contributed by atoms with E-state index >= 15 is 0 Å². The molecule has 0 aliphatic carbocycles. The zero-order chi connectivity index (χ0) is 46.5. The Kier molecular flexibility index (Phi) is 18.0. The van der Waals surface area contributed by atoms with Crippen molar-refractivity contribution in [2.24, 2.45) is 28.8 Å². The number of likely N-dealkylation sites (N-methyl/N-ethyl adjacent to an activating group) is 1. The van der Waals surface area contributed by atoms with Gasteiger partial charge in [-0.25, -0.2) is 0 Å². The van der Waals surface area contributed by atoms with E-state index in [0.717, 1.165) is 0 Å². The second kappa shape index (κ2) is 21.5. The predicted octanol–water partition coefficient (Wildman–Crippen LogP) is 4.32. The molecule has 0 amide bonds. The predicted molar refractivity (Wildman–Crippen MR) is 227 cm³/mol. The Morgan fingerprint density at radius 1 is 0.903 bits per heavy atom. The number of hydrogen-bond acceptors (Lipinski definition) is 17. The Balaban J connectivity index is 1.97. The minimum Gasteiger partial charge on any atom is -0.459 e. The van der Waals surface area contributed by atoms with Crippen LogP contribution in [0.1, 0.15) is 109 Å². The summed E-state index contributed by atoms with van der Waals surface area (Å²) < 4.78 is 57.9. The molecule has 62 heavy (non-hydrogen) atoms. The van der Waals surface area contributed by atoms with Gasteiger partial charge in [0.1, 0.15) is 23.9 Å². The van der Waals surface area contributed by atoms with Crippen LogP contribution in [-0.2, 0) is 61.9 Å². The second-order valence-corrected chi connectivity index (χ2v) is 18.8. The average molecular weight is 885 g/mol. The van der Waals surface area contributed by atoms with Gasteiger partial charge in [0.2, 0.25) is 0 Å². The zero-order valence-corrected chi connectivity index (χ0v) is 39.7. The van der Waals surface area contributed by atoms with Crippen molar-refractivity contribution in [1.82, 2.24) is 4.90 Å². The van der Waals surface area contributed by atoms with Crippen molar-refractivity contribution >= 4 is 23.6 Å². The van der Waals surface area contributed by atoms with E-state index in [2.05, 4.69) is 5.16 Å². The summed E-state index contributed by atoms with van der Waals surface area (Å²) >= 11 is 0. The summed E-state index contributed by atoms with van der Waals surface area (Å²) in [5.74, 6) is -4.73. The Morgan fingerprint density at radius 2 is 1.55 bits per heavy atom. The van der Waals surface area contributed by atoms with Crippen LogP contribution >= 0.6 is 0 Å². The third-order valence-corrected chi connectivity index (χ3v) is 13.4. The van der Waals surface area contributed by atoms with Gasteiger partial charge >= 0.3 is 17.9 Å². The number of ether oxygens (including phenoxy) is 9. The number of carbonyl (C=O) groups is 3. The minimum atomic E-state index is -1.92. The average Bonchev–Trinajstić information content (AvgIpc) is 3.22. The second-order valence-electron chi connectivity index (χ2n) is 18.8. The molecular weight excluding hydrogens is 808 g/mol. The molecule has 4 rings (SSSR count). The standard InChI is InChI=1S/C45H76N2O15/c1-16-33-45(12,52)38(50)26(4)35-24(2)22-44(11,54-19-17-18-20-55-46-35)39(62-42-37(58-30(8)48)32(47(13)14)21-25(3)56-42)27(5)36(28(6)41(51)60-33)61-34-23-43(10,53-15)40(29(7)57-34)59-31(9)49/h17-18,24-29,32-34,36-40,42,50,52H,16,19-23H2,1-15H3/b18-17+,46-35+/t24-,25-,26+,27+,28-,29+,32+,33-,34?,36+,37-,38-,39-,40+,42+,43-,44-,45-/m1/s1. The van der Waals surface area contributed by atoms with Crippen molar-refractivity contribution in [2.45, 2.75) is 193 Å². The first-order chi connectivity index (χ1) is 28.9. The van der Waals surface area contributed by atoms with Crippen molar-refractivity contribution in [2.75, 3.05) is 34.4 Å². The number of oxime groups is 1. The van der Waals surface area contributed by atoms with Crippen LogP contribution in [0.2, 0.25) is 0 Å². The summed E-state index contributed by atoms with van der Waals surface area (Å²) in [5, 5.41) is 28.6. The maximum Gasteiger partial charge on any atom is 0.311 e. The molecule has 4 heterocycles. The molecular formula is C45H76N2O15. The van der Waals surface area contributed by atoms with Gasteiger partial charge in [0.25, 0.3) is 0 Å². The SMILES string of the molecule is CC[C@H]1OC(=O)[C@H](C)[C@@H](OC2C[C@@](C)(OC)[C@@H](OC(C)=O)[C@H](C)O2)[C@H](C)[C@@H](O[C@@H]2O[C@H](C)C[C@H](N(C)C)[C@H]2OC(C)=O)[C@@]2(C)C[C@@H](C)/C(=N\OC/C=C/CO2)[C@H](C)[C@@H](O)[C@]1(C)O. The summed E-state index contributed by atoms with van der Waals surface area (Å²) in [5.41, 5.74) is -3.77. The normalized spacial score (nSPS) is 45.3. The molecule has 3 saturated heterocycles. The highest BCUT2D eigenvalue weighted by Gasteiger charge is 2.55. The van der Waals surface area contributed by atoms with Gasteiger partial charge in [0.15, 0.2) is 24.8 Å². The molecule has 2 N–H and O–H groups in total. The third-order valence-electron chi connectivity index (χ3n) is 13.4. The first kappa shape index (κ1) is 51.9. The van der Waals surface area contributed by atoms with Crippen molar-refractivity contribution in [3.8, 4) is 0 Å². The van der Waals surface area contributed by atoms with Gasteiger partial charge in [-0.1, -0.05) is 38.9 Å². The maximum absolute atomic E-state index is 14.6. The van der Waals surface area contributed by atoms with E-state index < -0.39 is 114 Å². The minimum absolute atomic E-state index is 0.108. The zero-order valence-electron chi connectivity index (χ0n) is 39.7. The van der Waals surface area contributed by atoms with Crippen LogP contribution in [-0.4, -0.2) is 157 Å². The number of hydrogen-bond donors (Lipinski definition) is 2. The Hall–Kier alpha value is -2.74. The molecule has 0 aromatic carbocycles. The van der Waals surface area contributed by atoms with E-state index in [4.69, 9.17) is 47.5 Å². The van der Waals surface area contributed by atoms with Crippen LogP contribution in [0.15, 0.2) is 17.3 Å². The van der Waals surface area contributed by atoms with E-state index in [9.17, 15) is 24.6 Å². The molecule has 2 bridgehead atoms. The number of aliphatic hydroxyl groups is 2. The molecule has 0 spiro atoms. The van der Waals surface area contributed by atoms with Gasteiger partial charge in [0.05, 0.1) is 60.4 Å². The summed E-state index contributed by atoms with van der Waals surface area (Å²) in [6, 6.07) is -0.281. The van der Waals surface area contributed by atoms with Crippen molar-refractivity contribution in [3.63, 3.8) is 0 Å². The highest BCUT2D eigenvalue weighted by Crippen LogP contribution is 2.43. The number of aliphatic hydroxyl groups excluding tert-OH is 1. The number of fused-ring (bicyclic) bond motifs is 3. The molecule has 0 aromatic heterocycles. The lowest BCUT2D eigenvalue weighted by atomic mass is 9.73. The van der Waals surface area contributed by atoms with Crippen molar-refractivity contribution in [3.05, 3.63) is 12.2 Å². The summed E-state index contributed by atoms with van der Waals surface area (Å²) in [7, 11) is 5.34. The maximum atomic E-state index is 14.6. The molecule has 18 atom stereocenters. The van der Waals surface area contributed by atoms with Gasteiger partial charge in [-0.05, 0) is 81.0 Å². The molecule has 3 fully saturated rings.